The highest BCUT2D eigenvalue weighted by Gasteiger charge is 2.20. The molecule has 0 heterocycles. The van der Waals surface area contributed by atoms with Crippen LogP contribution < -0.4 is 16.4 Å². The minimum Gasteiger partial charge on any atom is -0.381 e. The number of carbonyl (C=O) groups is 2. The van der Waals surface area contributed by atoms with Gasteiger partial charge in [-0.05, 0) is 30.5 Å². The second-order valence-corrected chi connectivity index (χ2v) is 6.82. The number of amides is 2. The van der Waals surface area contributed by atoms with Crippen LogP contribution in [0.15, 0.2) is 18.2 Å². The van der Waals surface area contributed by atoms with E-state index < -0.39 is 17.8 Å². The van der Waals surface area contributed by atoms with Gasteiger partial charge in [0.25, 0.3) is 0 Å². The first-order valence-electron chi connectivity index (χ1n) is 8.57. The fourth-order valence-corrected chi connectivity index (χ4v) is 3.18. The molecule has 5 nitrogen and oxygen atoms in total. The molecule has 0 aromatic heterocycles. The fourth-order valence-electron chi connectivity index (χ4n) is 2.99. The number of carbonyl (C=O) groups excluding carboxylic acids is 2. The Labute approximate surface area is 152 Å². The van der Waals surface area contributed by atoms with E-state index in [1.165, 1.54) is 37.5 Å². The highest BCUT2D eigenvalue weighted by Crippen LogP contribution is 2.27. The lowest BCUT2D eigenvalue weighted by atomic mass is 9.86. The van der Waals surface area contributed by atoms with Gasteiger partial charge in [0.1, 0.15) is 11.9 Å². The second-order valence-electron chi connectivity index (χ2n) is 6.41. The lowest BCUT2D eigenvalue weighted by Crippen LogP contribution is -2.48. The molecule has 0 bridgehead atoms. The van der Waals surface area contributed by atoms with Gasteiger partial charge in [-0.25, -0.2) is 4.39 Å². The first-order valence-corrected chi connectivity index (χ1v) is 8.95. The quantitative estimate of drug-likeness (QED) is 0.659. The number of hydrogen-bond acceptors (Lipinski definition) is 3. The summed E-state index contributed by atoms with van der Waals surface area (Å²) in [7, 11) is 0. The number of benzene rings is 1. The number of nitrogens with one attached hydrogen (secondary N) is 2. The van der Waals surface area contributed by atoms with E-state index in [4.69, 9.17) is 17.3 Å². The molecule has 2 amide bonds. The van der Waals surface area contributed by atoms with Gasteiger partial charge < -0.3 is 16.4 Å². The van der Waals surface area contributed by atoms with E-state index in [0.29, 0.717) is 23.0 Å². The predicted octanol–water partition coefficient (Wildman–Crippen LogP) is 3.04. The minimum absolute atomic E-state index is 0.0293. The second kappa shape index (κ2) is 9.61. The van der Waals surface area contributed by atoms with Crippen LogP contribution in [-0.4, -0.2) is 24.4 Å². The molecule has 1 saturated carbocycles. The molecule has 1 aromatic carbocycles. The Morgan fingerprint density at radius 2 is 2.04 bits per heavy atom. The molecule has 0 spiro atoms. The summed E-state index contributed by atoms with van der Waals surface area (Å²) in [4.78, 5) is 23.6. The van der Waals surface area contributed by atoms with Crippen LogP contribution in [0.3, 0.4) is 0 Å². The van der Waals surface area contributed by atoms with Crippen molar-refractivity contribution >= 4 is 29.1 Å². The van der Waals surface area contributed by atoms with E-state index >= 15 is 0 Å². The summed E-state index contributed by atoms with van der Waals surface area (Å²) >= 11 is 5.96. The van der Waals surface area contributed by atoms with Crippen LogP contribution >= 0.6 is 11.6 Å². The van der Waals surface area contributed by atoms with E-state index in [9.17, 15) is 14.0 Å². The molecule has 0 saturated heterocycles. The molecule has 2 rings (SSSR count). The molecular weight excluding hydrogens is 345 g/mol. The predicted molar refractivity (Wildman–Crippen MR) is 96.5 cm³/mol. The molecule has 7 heteroatoms. The van der Waals surface area contributed by atoms with Gasteiger partial charge >= 0.3 is 0 Å². The van der Waals surface area contributed by atoms with Crippen molar-refractivity contribution < 1.29 is 14.0 Å². The van der Waals surface area contributed by atoms with Gasteiger partial charge in [0, 0.05) is 13.0 Å². The van der Waals surface area contributed by atoms with Gasteiger partial charge in [0.15, 0.2) is 0 Å². The van der Waals surface area contributed by atoms with Crippen molar-refractivity contribution in [2.75, 3.05) is 11.9 Å². The zero-order valence-corrected chi connectivity index (χ0v) is 14.8. The molecule has 1 aromatic rings. The SMILES string of the molecule is NC(=O)C(CNc1cc(F)ccc1Cl)NC(=O)[CH]CC1CCCCC1. The summed E-state index contributed by atoms with van der Waals surface area (Å²) in [5.74, 6) is -0.899. The van der Waals surface area contributed by atoms with Crippen LogP contribution in [0, 0.1) is 18.2 Å². The average molecular weight is 369 g/mol. The Morgan fingerprint density at radius 1 is 1.32 bits per heavy atom. The first-order chi connectivity index (χ1) is 12.0. The highest BCUT2D eigenvalue weighted by molar-refractivity contribution is 6.33. The zero-order valence-electron chi connectivity index (χ0n) is 14.1. The van der Waals surface area contributed by atoms with Crippen LogP contribution in [0.4, 0.5) is 10.1 Å². The number of nitrogens with two attached hydrogens (primary N) is 1. The number of rotatable bonds is 8. The van der Waals surface area contributed by atoms with Crippen molar-refractivity contribution in [3.05, 3.63) is 35.5 Å². The van der Waals surface area contributed by atoms with Crippen molar-refractivity contribution in [3.63, 3.8) is 0 Å². The normalized spacial score (nSPS) is 16.2. The van der Waals surface area contributed by atoms with Gasteiger partial charge in [0.2, 0.25) is 11.8 Å². The van der Waals surface area contributed by atoms with Gasteiger partial charge in [-0.2, -0.15) is 0 Å². The number of primary amides is 1. The van der Waals surface area contributed by atoms with Crippen molar-refractivity contribution in [2.45, 2.75) is 44.6 Å². The van der Waals surface area contributed by atoms with E-state index in [-0.39, 0.29) is 12.5 Å². The maximum absolute atomic E-state index is 13.3. The summed E-state index contributed by atoms with van der Waals surface area (Å²) in [5, 5.41) is 5.76. The maximum Gasteiger partial charge on any atom is 0.241 e. The molecule has 0 aliphatic heterocycles. The lowest BCUT2D eigenvalue weighted by Gasteiger charge is -2.22. The van der Waals surface area contributed by atoms with Crippen molar-refractivity contribution in [1.29, 1.82) is 0 Å². The van der Waals surface area contributed by atoms with Crippen molar-refractivity contribution in [1.82, 2.24) is 5.32 Å². The highest BCUT2D eigenvalue weighted by atomic mass is 35.5. The summed E-state index contributed by atoms with van der Waals surface area (Å²) in [6.07, 6.45) is 8.26. The van der Waals surface area contributed by atoms with E-state index in [0.717, 1.165) is 12.8 Å². The molecule has 1 atom stereocenters. The largest absolute Gasteiger partial charge is 0.381 e. The summed E-state index contributed by atoms with van der Waals surface area (Å²) in [6.45, 7) is 0.0293. The van der Waals surface area contributed by atoms with Crippen LogP contribution in [0.5, 0.6) is 0 Å². The third-order valence-corrected chi connectivity index (χ3v) is 4.78. The Hall–Kier alpha value is -1.82. The maximum atomic E-state index is 13.3. The Kier molecular flexibility index (Phi) is 7.50. The van der Waals surface area contributed by atoms with Gasteiger partial charge in [-0.1, -0.05) is 43.7 Å². The molecular formula is C18H24ClFN3O2. The smallest absolute Gasteiger partial charge is 0.241 e. The van der Waals surface area contributed by atoms with Crippen molar-refractivity contribution in [2.24, 2.45) is 11.7 Å². The Balaban J connectivity index is 1.82. The van der Waals surface area contributed by atoms with Gasteiger partial charge in [0.05, 0.1) is 10.7 Å². The Morgan fingerprint density at radius 3 is 2.72 bits per heavy atom. The number of halogens is 2. The third-order valence-electron chi connectivity index (χ3n) is 4.45. The van der Waals surface area contributed by atoms with Gasteiger partial charge in [-0.3, -0.25) is 9.59 Å². The van der Waals surface area contributed by atoms with E-state index in [1.54, 1.807) is 6.42 Å². The minimum atomic E-state index is -0.908. The van der Waals surface area contributed by atoms with Crippen LogP contribution in [0.25, 0.3) is 0 Å². The topological polar surface area (TPSA) is 84.2 Å². The third kappa shape index (κ3) is 6.53. The van der Waals surface area contributed by atoms with Crippen molar-refractivity contribution in [3.8, 4) is 0 Å². The first kappa shape index (κ1) is 19.5. The molecule has 4 N–H and O–H groups in total. The standard InChI is InChI=1S/C18H24ClFN3O2/c19-14-8-7-13(20)10-15(14)22-11-16(18(21)25)23-17(24)9-6-12-4-2-1-3-5-12/h7-10,12,16,22H,1-6,11H2,(H2,21,25)(H,23,24). The monoisotopic (exact) mass is 368 g/mol. The lowest BCUT2D eigenvalue weighted by molar-refractivity contribution is -0.125. The fraction of sp³-hybridized carbons (Fsp3) is 0.500. The summed E-state index contributed by atoms with van der Waals surface area (Å²) in [6, 6.07) is 2.96. The molecule has 1 unspecified atom stereocenters. The number of anilines is 1. The molecule has 137 valence electrons. The summed E-state index contributed by atoms with van der Waals surface area (Å²) < 4.78 is 13.3. The van der Waals surface area contributed by atoms with Crippen LogP contribution in [0.1, 0.15) is 38.5 Å². The Bertz CT molecular complexity index is 606. The van der Waals surface area contributed by atoms with E-state index in [2.05, 4.69) is 10.6 Å². The van der Waals surface area contributed by atoms with E-state index in [1.807, 2.05) is 0 Å². The molecule has 1 aliphatic rings. The van der Waals surface area contributed by atoms with Crippen LogP contribution in [-0.2, 0) is 9.59 Å². The molecule has 1 fully saturated rings. The average Bonchev–Trinajstić information content (AvgIpc) is 2.60. The number of hydrogen-bond donors (Lipinski definition) is 3. The van der Waals surface area contributed by atoms with Gasteiger partial charge in [-0.15, -0.1) is 0 Å². The molecule has 1 radical (unpaired) electrons. The molecule has 1 aliphatic carbocycles. The zero-order chi connectivity index (χ0) is 18.2. The molecule has 25 heavy (non-hydrogen) atoms. The summed E-state index contributed by atoms with van der Waals surface area (Å²) in [5.41, 5.74) is 5.68. The van der Waals surface area contributed by atoms with Crippen LogP contribution in [0.2, 0.25) is 5.02 Å².